The third-order valence-corrected chi connectivity index (χ3v) is 3.08. The number of ketones is 1. The second kappa shape index (κ2) is 5.67. The van der Waals surface area contributed by atoms with E-state index in [4.69, 9.17) is 0 Å². The first kappa shape index (κ1) is 11.9. The van der Waals surface area contributed by atoms with E-state index in [2.05, 4.69) is 6.92 Å². The number of hydrogen-bond acceptors (Lipinski definition) is 1. The summed E-state index contributed by atoms with van der Waals surface area (Å²) in [6, 6.07) is 7.96. The smallest absolute Gasteiger partial charge is 0.164 e. The van der Waals surface area contributed by atoms with Gasteiger partial charge in [0.05, 0.1) is 0 Å². The lowest BCUT2D eigenvalue weighted by Crippen LogP contribution is -1.96. The highest BCUT2D eigenvalue weighted by molar-refractivity contribution is 5.97. The summed E-state index contributed by atoms with van der Waals surface area (Å²) >= 11 is 0. The monoisotopic (exact) mass is 229 g/mol. The van der Waals surface area contributed by atoms with Crippen LogP contribution in [0.4, 0.5) is 0 Å². The van der Waals surface area contributed by atoms with Crippen LogP contribution in [0.1, 0.15) is 49.4 Å². The van der Waals surface area contributed by atoms with Crippen LogP contribution in [0.5, 0.6) is 0 Å². The zero-order valence-electron chi connectivity index (χ0n) is 10.4. The van der Waals surface area contributed by atoms with Gasteiger partial charge in [0.25, 0.3) is 0 Å². The lowest BCUT2D eigenvalue weighted by Gasteiger charge is -1.97. The third kappa shape index (κ3) is 2.96. The van der Waals surface area contributed by atoms with Gasteiger partial charge in [-0.15, -0.1) is 0 Å². The Labute approximate surface area is 102 Å². The van der Waals surface area contributed by atoms with Crippen molar-refractivity contribution in [1.82, 2.24) is 4.40 Å². The number of carbonyl (C=O) groups excluding carboxylic acids is 1. The Kier molecular flexibility index (Phi) is 3.97. The number of aromatic nitrogens is 1. The molecule has 2 heterocycles. The summed E-state index contributed by atoms with van der Waals surface area (Å²) in [5.41, 5.74) is 1.93. The molecule has 0 saturated carbocycles. The Balaban J connectivity index is 1.99. The molecule has 0 fully saturated rings. The Morgan fingerprint density at radius 2 is 2.12 bits per heavy atom. The first-order valence-electron chi connectivity index (χ1n) is 6.41. The molecule has 90 valence electrons. The van der Waals surface area contributed by atoms with Crippen molar-refractivity contribution >= 4 is 11.3 Å². The standard InChI is InChI=1S/C15H19NO/c1-2-3-4-5-9-15(17)13-11-14-8-6-7-10-16(14)12-13/h6-8,10-12H,2-5,9H2,1H3. The molecule has 0 saturated heterocycles. The normalized spacial score (nSPS) is 10.9. The molecule has 17 heavy (non-hydrogen) atoms. The van der Waals surface area contributed by atoms with Crippen LogP contribution in [0, 0.1) is 0 Å². The minimum Gasteiger partial charge on any atom is -0.323 e. The number of carbonyl (C=O) groups is 1. The molecule has 2 rings (SSSR count). The van der Waals surface area contributed by atoms with E-state index in [-0.39, 0.29) is 5.78 Å². The maximum Gasteiger partial charge on any atom is 0.164 e. The molecule has 2 aromatic heterocycles. The molecule has 0 radical (unpaired) electrons. The molecule has 0 unspecified atom stereocenters. The molecule has 0 bridgehead atoms. The van der Waals surface area contributed by atoms with Crippen molar-refractivity contribution < 1.29 is 4.79 Å². The number of hydrogen-bond donors (Lipinski definition) is 0. The van der Waals surface area contributed by atoms with Crippen molar-refractivity contribution in [2.24, 2.45) is 0 Å². The third-order valence-electron chi connectivity index (χ3n) is 3.08. The largest absolute Gasteiger partial charge is 0.323 e. The lowest BCUT2D eigenvalue weighted by molar-refractivity contribution is 0.0979. The van der Waals surface area contributed by atoms with Crippen LogP contribution in [0.3, 0.4) is 0 Å². The van der Waals surface area contributed by atoms with Crippen LogP contribution >= 0.6 is 0 Å². The summed E-state index contributed by atoms with van der Waals surface area (Å²) in [6.45, 7) is 2.18. The van der Waals surface area contributed by atoms with Gasteiger partial charge < -0.3 is 4.40 Å². The zero-order valence-corrected chi connectivity index (χ0v) is 10.4. The Bertz CT molecular complexity index is 465. The SMILES string of the molecule is CCCCCCC(=O)c1cc2ccccn2c1. The molecule has 0 amide bonds. The average Bonchev–Trinajstić information content (AvgIpc) is 2.78. The molecule has 0 aliphatic carbocycles. The molecule has 2 heteroatoms. The van der Waals surface area contributed by atoms with Crippen molar-refractivity contribution in [3.05, 3.63) is 42.2 Å². The molecule has 0 atom stereocenters. The van der Waals surface area contributed by atoms with Crippen molar-refractivity contribution in [3.63, 3.8) is 0 Å². The van der Waals surface area contributed by atoms with Crippen LogP contribution in [0.25, 0.3) is 5.52 Å². The van der Waals surface area contributed by atoms with Gasteiger partial charge in [-0.05, 0) is 24.6 Å². The second-order valence-corrected chi connectivity index (χ2v) is 4.50. The van der Waals surface area contributed by atoms with Crippen molar-refractivity contribution in [3.8, 4) is 0 Å². The molecule has 0 aromatic carbocycles. The van der Waals surface area contributed by atoms with Gasteiger partial charge in [-0.1, -0.05) is 32.3 Å². The van der Waals surface area contributed by atoms with Gasteiger partial charge in [0, 0.05) is 29.9 Å². The van der Waals surface area contributed by atoms with Gasteiger partial charge in [0.2, 0.25) is 0 Å². The fourth-order valence-corrected chi connectivity index (χ4v) is 2.06. The Morgan fingerprint density at radius 1 is 1.24 bits per heavy atom. The van der Waals surface area contributed by atoms with Crippen LogP contribution < -0.4 is 0 Å². The Morgan fingerprint density at radius 3 is 2.88 bits per heavy atom. The fourth-order valence-electron chi connectivity index (χ4n) is 2.06. The van der Waals surface area contributed by atoms with Gasteiger partial charge in [-0.2, -0.15) is 0 Å². The summed E-state index contributed by atoms with van der Waals surface area (Å²) in [5.74, 6) is 0.268. The van der Waals surface area contributed by atoms with Gasteiger partial charge in [-0.25, -0.2) is 0 Å². The van der Waals surface area contributed by atoms with Crippen LogP contribution in [0.15, 0.2) is 36.7 Å². The van der Waals surface area contributed by atoms with Crippen molar-refractivity contribution in [2.75, 3.05) is 0 Å². The van der Waals surface area contributed by atoms with E-state index in [1.54, 1.807) is 0 Å². The van der Waals surface area contributed by atoms with E-state index in [1.807, 2.05) is 41.1 Å². The molecule has 2 nitrogen and oxygen atoms in total. The maximum atomic E-state index is 12.0. The molecular weight excluding hydrogens is 210 g/mol. The maximum absolute atomic E-state index is 12.0. The first-order chi connectivity index (χ1) is 8.31. The molecule has 0 N–H and O–H groups in total. The van der Waals surface area contributed by atoms with Gasteiger partial charge in [0.15, 0.2) is 5.78 Å². The quantitative estimate of drug-likeness (QED) is 0.540. The zero-order chi connectivity index (χ0) is 12.1. The van der Waals surface area contributed by atoms with Crippen LogP contribution in [-0.4, -0.2) is 10.2 Å². The van der Waals surface area contributed by atoms with E-state index in [1.165, 1.54) is 12.8 Å². The van der Waals surface area contributed by atoms with Gasteiger partial charge in [0.1, 0.15) is 0 Å². The summed E-state index contributed by atoms with van der Waals surface area (Å²) in [5, 5.41) is 0. The number of rotatable bonds is 6. The summed E-state index contributed by atoms with van der Waals surface area (Å²) in [7, 11) is 0. The molecule has 2 aromatic rings. The second-order valence-electron chi connectivity index (χ2n) is 4.50. The lowest BCUT2D eigenvalue weighted by atomic mass is 10.1. The van der Waals surface area contributed by atoms with E-state index in [0.717, 1.165) is 23.9 Å². The summed E-state index contributed by atoms with van der Waals surface area (Å²) in [4.78, 5) is 12.0. The number of fused-ring (bicyclic) bond motifs is 1. The minimum absolute atomic E-state index is 0.268. The number of pyridine rings is 1. The van der Waals surface area contributed by atoms with E-state index < -0.39 is 0 Å². The highest BCUT2D eigenvalue weighted by Gasteiger charge is 2.07. The van der Waals surface area contributed by atoms with E-state index in [0.29, 0.717) is 6.42 Å². The highest BCUT2D eigenvalue weighted by atomic mass is 16.1. The van der Waals surface area contributed by atoms with Crippen molar-refractivity contribution in [2.45, 2.75) is 39.0 Å². The van der Waals surface area contributed by atoms with E-state index in [9.17, 15) is 4.79 Å². The van der Waals surface area contributed by atoms with Gasteiger partial charge >= 0.3 is 0 Å². The summed E-state index contributed by atoms with van der Waals surface area (Å²) < 4.78 is 2.00. The molecular formula is C15H19NO. The number of nitrogens with zero attached hydrogens (tertiary/aromatic N) is 1. The minimum atomic E-state index is 0.268. The Hall–Kier alpha value is -1.57. The topological polar surface area (TPSA) is 21.5 Å². The first-order valence-corrected chi connectivity index (χ1v) is 6.41. The highest BCUT2D eigenvalue weighted by Crippen LogP contribution is 2.13. The molecule has 0 spiro atoms. The number of Topliss-reactive ketones (excluding diaryl/α,β-unsaturated/α-hetero) is 1. The number of unbranched alkanes of at least 4 members (excludes halogenated alkanes) is 3. The molecule has 0 aliphatic rings. The summed E-state index contributed by atoms with van der Waals surface area (Å²) in [6.07, 6.45) is 9.20. The van der Waals surface area contributed by atoms with E-state index >= 15 is 0 Å². The predicted octanol–water partition coefficient (Wildman–Crippen LogP) is 4.09. The fraction of sp³-hybridized carbons (Fsp3) is 0.400. The van der Waals surface area contributed by atoms with Crippen LogP contribution in [-0.2, 0) is 0 Å². The predicted molar refractivity (Wildman–Crippen MR) is 70.5 cm³/mol. The molecule has 0 aliphatic heterocycles. The average molecular weight is 229 g/mol. The van der Waals surface area contributed by atoms with Crippen LogP contribution in [0.2, 0.25) is 0 Å². The van der Waals surface area contributed by atoms with Crippen molar-refractivity contribution in [1.29, 1.82) is 0 Å². The van der Waals surface area contributed by atoms with Gasteiger partial charge in [-0.3, -0.25) is 4.79 Å².